The molecule has 1 unspecified atom stereocenters. The van der Waals surface area contributed by atoms with E-state index in [1.54, 1.807) is 4.90 Å². The first-order valence-corrected chi connectivity index (χ1v) is 8.12. The second kappa shape index (κ2) is 8.98. The highest BCUT2D eigenvalue weighted by Gasteiger charge is 2.35. The molecule has 0 aromatic heterocycles. The van der Waals surface area contributed by atoms with Crippen molar-refractivity contribution in [3.63, 3.8) is 0 Å². The summed E-state index contributed by atoms with van der Waals surface area (Å²) in [5, 5.41) is 0. The third kappa shape index (κ3) is 4.50. The normalized spacial score (nSPS) is 19.2. The smallest absolute Gasteiger partial charge is 0.328 e. The van der Waals surface area contributed by atoms with Crippen LogP contribution >= 0.6 is 0 Å². The van der Waals surface area contributed by atoms with E-state index in [4.69, 9.17) is 4.74 Å². The molecule has 0 aliphatic carbocycles. The van der Waals surface area contributed by atoms with Crippen molar-refractivity contribution in [1.82, 2.24) is 4.90 Å². The van der Waals surface area contributed by atoms with Crippen molar-refractivity contribution in [2.45, 2.75) is 71.8 Å². The fourth-order valence-electron chi connectivity index (χ4n) is 3.00. The monoisotopic (exact) mass is 283 g/mol. The van der Waals surface area contributed by atoms with Crippen LogP contribution in [-0.4, -0.2) is 36.0 Å². The maximum atomic E-state index is 12.7. The number of likely N-dealkylation sites (tertiary alicyclic amines) is 1. The molecule has 0 aromatic carbocycles. The topological polar surface area (TPSA) is 46.6 Å². The Labute approximate surface area is 122 Å². The highest BCUT2D eigenvalue weighted by Crippen LogP contribution is 2.24. The van der Waals surface area contributed by atoms with Gasteiger partial charge in [0, 0.05) is 12.5 Å². The lowest BCUT2D eigenvalue weighted by Gasteiger charge is -2.36. The van der Waals surface area contributed by atoms with Gasteiger partial charge in [0.05, 0.1) is 6.61 Å². The van der Waals surface area contributed by atoms with Crippen molar-refractivity contribution in [1.29, 1.82) is 0 Å². The van der Waals surface area contributed by atoms with Crippen LogP contribution in [0.1, 0.15) is 65.7 Å². The first-order chi connectivity index (χ1) is 9.65. The minimum Gasteiger partial charge on any atom is -0.464 e. The summed E-state index contributed by atoms with van der Waals surface area (Å²) in [7, 11) is 0. The van der Waals surface area contributed by atoms with Crippen molar-refractivity contribution in [2.24, 2.45) is 5.92 Å². The van der Waals surface area contributed by atoms with Crippen LogP contribution in [0.3, 0.4) is 0 Å². The van der Waals surface area contributed by atoms with Crippen molar-refractivity contribution in [3.05, 3.63) is 0 Å². The van der Waals surface area contributed by atoms with Crippen molar-refractivity contribution >= 4 is 11.9 Å². The van der Waals surface area contributed by atoms with Gasteiger partial charge in [-0.05, 0) is 39.0 Å². The molecular weight excluding hydrogens is 254 g/mol. The third-order valence-corrected chi connectivity index (χ3v) is 3.97. The van der Waals surface area contributed by atoms with Gasteiger partial charge in [-0.15, -0.1) is 0 Å². The van der Waals surface area contributed by atoms with Gasteiger partial charge in [-0.2, -0.15) is 0 Å². The molecule has 1 rings (SSSR count). The predicted molar refractivity (Wildman–Crippen MR) is 79.3 cm³/mol. The minimum atomic E-state index is -0.354. The largest absolute Gasteiger partial charge is 0.464 e. The van der Waals surface area contributed by atoms with E-state index in [0.717, 1.165) is 44.9 Å². The molecule has 0 aromatic rings. The van der Waals surface area contributed by atoms with E-state index in [2.05, 4.69) is 13.8 Å². The van der Waals surface area contributed by atoms with Crippen LogP contribution in [0.25, 0.3) is 0 Å². The van der Waals surface area contributed by atoms with Gasteiger partial charge < -0.3 is 9.64 Å². The number of esters is 1. The molecule has 4 heteroatoms. The average molecular weight is 283 g/mol. The van der Waals surface area contributed by atoms with Crippen LogP contribution in [0, 0.1) is 5.92 Å². The van der Waals surface area contributed by atoms with Crippen LogP contribution in [0.15, 0.2) is 0 Å². The van der Waals surface area contributed by atoms with Gasteiger partial charge in [-0.25, -0.2) is 4.79 Å². The Morgan fingerprint density at radius 1 is 1.15 bits per heavy atom. The Balaban J connectivity index is 2.76. The highest BCUT2D eigenvalue weighted by molar-refractivity contribution is 5.86. The van der Waals surface area contributed by atoms with E-state index in [9.17, 15) is 9.59 Å². The number of piperidine rings is 1. The van der Waals surface area contributed by atoms with Gasteiger partial charge in [0.1, 0.15) is 6.04 Å². The van der Waals surface area contributed by atoms with E-state index in [0.29, 0.717) is 13.2 Å². The molecule has 1 saturated heterocycles. The summed E-state index contributed by atoms with van der Waals surface area (Å²) in [5.74, 6) is -0.00113. The summed E-state index contributed by atoms with van der Waals surface area (Å²) in [6, 6.07) is -0.354. The Kier molecular flexibility index (Phi) is 7.63. The standard InChI is InChI=1S/C16H29NO3/c1-4-9-13(10-5-2)15(18)17-12-8-7-11-14(17)16(19)20-6-3/h13-14H,4-12H2,1-3H3. The zero-order valence-corrected chi connectivity index (χ0v) is 13.2. The van der Waals surface area contributed by atoms with Gasteiger partial charge in [0.2, 0.25) is 5.91 Å². The maximum Gasteiger partial charge on any atom is 0.328 e. The molecule has 1 aliphatic rings. The van der Waals surface area contributed by atoms with E-state index in [1.807, 2.05) is 6.92 Å². The molecule has 0 spiro atoms. The summed E-state index contributed by atoms with van der Waals surface area (Å²) in [6.45, 7) is 7.10. The first kappa shape index (κ1) is 17.0. The zero-order valence-electron chi connectivity index (χ0n) is 13.2. The van der Waals surface area contributed by atoms with Gasteiger partial charge in [0.15, 0.2) is 0 Å². The molecule has 1 heterocycles. The lowest BCUT2D eigenvalue weighted by molar-refractivity contribution is -0.158. The van der Waals surface area contributed by atoms with E-state index in [-0.39, 0.29) is 23.8 Å². The quantitative estimate of drug-likeness (QED) is 0.674. The lowest BCUT2D eigenvalue weighted by Crippen LogP contribution is -2.50. The SMILES string of the molecule is CCCC(CCC)C(=O)N1CCCCC1C(=O)OCC. The molecule has 20 heavy (non-hydrogen) atoms. The second-order valence-corrected chi connectivity index (χ2v) is 5.57. The Bertz CT molecular complexity index is 311. The number of amides is 1. The van der Waals surface area contributed by atoms with Crippen LogP contribution in [0.2, 0.25) is 0 Å². The first-order valence-electron chi connectivity index (χ1n) is 8.12. The van der Waals surface area contributed by atoms with E-state index >= 15 is 0 Å². The van der Waals surface area contributed by atoms with Crippen LogP contribution in [0.4, 0.5) is 0 Å². The minimum absolute atomic E-state index is 0.0695. The van der Waals surface area contributed by atoms with E-state index < -0.39 is 0 Å². The van der Waals surface area contributed by atoms with E-state index in [1.165, 1.54) is 0 Å². The number of hydrogen-bond acceptors (Lipinski definition) is 3. The van der Waals surface area contributed by atoms with Crippen LogP contribution in [0.5, 0.6) is 0 Å². The molecule has 1 amide bonds. The number of nitrogens with zero attached hydrogens (tertiary/aromatic N) is 1. The molecule has 0 N–H and O–H groups in total. The summed E-state index contributed by atoms with van der Waals surface area (Å²) in [5.41, 5.74) is 0. The number of carbonyl (C=O) groups is 2. The maximum absolute atomic E-state index is 12.7. The van der Waals surface area contributed by atoms with Gasteiger partial charge in [-0.1, -0.05) is 26.7 Å². The molecular formula is C16H29NO3. The Morgan fingerprint density at radius 3 is 2.35 bits per heavy atom. The molecule has 0 saturated carbocycles. The average Bonchev–Trinajstić information content (AvgIpc) is 2.46. The molecule has 1 aliphatic heterocycles. The van der Waals surface area contributed by atoms with Crippen molar-refractivity contribution in [3.8, 4) is 0 Å². The van der Waals surface area contributed by atoms with Gasteiger partial charge in [-0.3, -0.25) is 4.79 Å². The molecule has 1 fully saturated rings. The van der Waals surface area contributed by atoms with Crippen molar-refractivity contribution in [2.75, 3.05) is 13.2 Å². The van der Waals surface area contributed by atoms with Crippen LogP contribution in [-0.2, 0) is 14.3 Å². The summed E-state index contributed by atoms with van der Waals surface area (Å²) >= 11 is 0. The fraction of sp³-hybridized carbons (Fsp3) is 0.875. The fourth-order valence-corrected chi connectivity index (χ4v) is 3.00. The molecule has 0 radical (unpaired) electrons. The lowest BCUT2D eigenvalue weighted by atomic mass is 9.93. The summed E-state index contributed by atoms with van der Waals surface area (Å²) in [6.07, 6.45) is 6.59. The number of carbonyl (C=O) groups excluding carboxylic acids is 2. The predicted octanol–water partition coefficient (Wildman–Crippen LogP) is 3.15. The second-order valence-electron chi connectivity index (χ2n) is 5.57. The Morgan fingerprint density at radius 2 is 1.80 bits per heavy atom. The number of hydrogen-bond donors (Lipinski definition) is 0. The van der Waals surface area contributed by atoms with Gasteiger partial charge in [0.25, 0.3) is 0 Å². The van der Waals surface area contributed by atoms with Crippen LogP contribution < -0.4 is 0 Å². The van der Waals surface area contributed by atoms with Crippen molar-refractivity contribution < 1.29 is 14.3 Å². The molecule has 0 bridgehead atoms. The highest BCUT2D eigenvalue weighted by atomic mass is 16.5. The molecule has 116 valence electrons. The summed E-state index contributed by atoms with van der Waals surface area (Å²) in [4.78, 5) is 26.5. The molecule has 4 nitrogen and oxygen atoms in total. The Hall–Kier alpha value is -1.06. The van der Waals surface area contributed by atoms with Gasteiger partial charge >= 0.3 is 5.97 Å². The third-order valence-electron chi connectivity index (χ3n) is 3.97. The summed E-state index contributed by atoms with van der Waals surface area (Å²) < 4.78 is 5.13. The number of rotatable bonds is 7. The zero-order chi connectivity index (χ0) is 15.0. The number of ether oxygens (including phenoxy) is 1. The molecule has 1 atom stereocenters.